The van der Waals surface area contributed by atoms with E-state index in [1.807, 2.05) is 0 Å². The van der Waals surface area contributed by atoms with E-state index >= 15 is 0 Å². The second-order valence-electron chi connectivity index (χ2n) is 11.0. The van der Waals surface area contributed by atoms with Crippen LogP contribution in [0, 0.1) is 18.3 Å². The van der Waals surface area contributed by atoms with Crippen LogP contribution in [0.3, 0.4) is 0 Å². The minimum absolute atomic E-state index is 0.145. The first-order valence-electron chi connectivity index (χ1n) is 13.5. The average molecular weight is 488 g/mol. The van der Waals surface area contributed by atoms with Crippen LogP contribution in [-0.4, -0.2) is 72.3 Å². The lowest BCUT2D eigenvalue weighted by atomic mass is 10.0. The number of anilines is 2. The van der Waals surface area contributed by atoms with E-state index in [0.29, 0.717) is 18.5 Å². The third-order valence-electron chi connectivity index (χ3n) is 8.54. The molecule has 0 unspecified atom stereocenters. The lowest BCUT2D eigenvalue weighted by Gasteiger charge is -2.38. The molecule has 1 saturated carbocycles. The number of nitrogens with zero attached hydrogens (tertiary/aromatic N) is 6. The maximum atomic E-state index is 9.27. The van der Waals surface area contributed by atoms with E-state index in [1.165, 1.54) is 29.7 Å². The average Bonchev–Trinajstić information content (AvgIpc) is 3.52. The fourth-order valence-corrected chi connectivity index (χ4v) is 6.47. The number of hydrogen-bond donors (Lipinski definition) is 1. The van der Waals surface area contributed by atoms with E-state index in [0.717, 1.165) is 70.0 Å². The number of fused-ring (bicyclic) bond motifs is 1. The number of likely N-dealkylation sites (tertiary alicyclic amines) is 1. The molecule has 2 atom stereocenters. The summed E-state index contributed by atoms with van der Waals surface area (Å²) in [6.07, 6.45) is 5.97. The molecule has 4 aliphatic rings. The minimum Gasteiger partial charge on any atom is -0.455 e. The lowest BCUT2D eigenvalue weighted by molar-refractivity contribution is 0.0759. The van der Waals surface area contributed by atoms with Crippen molar-refractivity contribution in [1.82, 2.24) is 20.2 Å². The number of piperazine rings is 1. The van der Waals surface area contributed by atoms with Gasteiger partial charge in [0, 0.05) is 49.5 Å². The van der Waals surface area contributed by atoms with Crippen molar-refractivity contribution >= 4 is 11.5 Å². The molecule has 6 rings (SSSR count). The summed E-state index contributed by atoms with van der Waals surface area (Å²) in [5.74, 6) is 1.01. The Morgan fingerprint density at radius 2 is 2.03 bits per heavy atom. The van der Waals surface area contributed by atoms with E-state index in [-0.39, 0.29) is 11.6 Å². The van der Waals surface area contributed by atoms with Crippen molar-refractivity contribution in [2.45, 2.75) is 69.7 Å². The summed E-state index contributed by atoms with van der Waals surface area (Å²) >= 11 is 0. The van der Waals surface area contributed by atoms with Crippen LogP contribution >= 0.6 is 0 Å². The zero-order chi connectivity index (χ0) is 24.7. The molecule has 2 saturated heterocycles. The SMILES string of the molecule is Cc1ccccc1N1CCc2c(nc(OC3([C@@H]4CCCN4C)CC3)nc2N2CCN[C@@H](CC#N)C2)C1. The fourth-order valence-electron chi connectivity index (χ4n) is 6.47. The molecule has 2 aromatic rings. The summed E-state index contributed by atoms with van der Waals surface area (Å²) in [5, 5.41) is 12.8. The van der Waals surface area contributed by atoms with Crippen molar-refractivity contribution in [3.8, 4) is 12.1 Å². The van der Waals surface area contributed by atoms with Gasteiger partial charge in [-0.15, -0.1) is 0 Å². The lowest BCUT2D eigenvalue weighted by Crippen LogP contribution is -2.51. The number of rotatable bonds is 6. The summed E-state index contributed by atoms with van der Waals surface area (Å²) < 4.78 is 6.73. The van der Waals surface area contributed by atoms with Crippen LogP contribution in [0.25, 0.3) is 0 Å². The highest BCUT2D eigenvalue weighted by atomic mass is 16.5. The Bertz CT molecular complexity index is 1160. The quantitative estimate of drug-likeness (QED) is 0.666. The molecule has 8 heteroatoms. The van der Waals surface area contributed by atoms with Crippen LogP contribution < -0.4 is 19.9 Å². The molecule has 0 amide bonds. The Balaban J connectivity index is 1.34. The first-order valence-corrected chi connectivity index (χ1v) is 13.5. The van der Waals surface area contributed by atoms with Gasteiger partial charge in [-0.1, -0.05) is 18.2 Å². The van der Waals surface area contributed by atoms with Gasteiger partial charge in [-0.2, -0.15) is 15.2 Å². The minimum atomic E-state index is -0.145. The van der Waals surface area contributed by atoms with E-state index in [2.05, 4.69) is 64.3 Å². The number of nitriles is 1. The van der Waals surface area contributed by atoms with Crippen LogP contribution in [0.4, 0.5) is 11.5 Å². The Morgan fingerprint density at radius 1 is 1.17 bits per heavy atom. The highest BCUT2D eigenvalue weighted by Crippen LogP contribution is 2.47. The van der Waals surface area contributed by atoms with Crippen molar-refractivity contribution in [3.63, 3.8) is 0 Å². The van der Waals surface area contributed by atoms with E-state index in [9.17, 15) is 5.26 Å². The standard InChI is InChI=1S/C28H37N7O/c1-20-6-3-4-7-24(20)34-16-10-22-23(19-34)31-27(36-28(11-12-28)25-8-5-15-33(25)2)32-26(22)35-17-14-30-21(18-35)9-13-29/h3-4,6-7,21,25,30H,5,8-12,14-19H2,1-2H3/t21-,25-/m0/s1. The summed E-state index contributed by atoms with van der Waals surface area (Å²) in [4.78, 5) is 17.4. The van der Waals surface area contributed by atoms with Crippen LogP contribution in [0.15, 0.2) is 24.3 Å². The second kappa shape index (κ2) is 9.53. The van der Waals surface area contributed by atoms with Gasteiger partial charge in [-0.05, 0) is 64.3 Å². The predicted octanol–water partition coefficient (Wildman–Crippen LogP) is 3.05. The molecule has 1 aromatic heterocycles. The molecule has 4 heterocycles. The highest BCUT2D eigenvalue weighted by molar-refractivity contribution is 5.58. The van der Waals surface area contributed by atoms with Gasteiger partial charge in [-0.25, -0.2) is 0 Å². The predicted molar refractivity (Wildman–Crippen MR) is 140 cm³/mol. The number of para-hydroxylation sites is 1. The number of hydrogen-bond acceptors (Lipinski definition) is 8. The summed E-state index contributed by atoms with van der Waals surface area (Å²) in [7, 11) is 2.22. The molecule has 1 N–H and O–H groups in total. The molecular weight excluding hydrogens is 450 g/mol. The van der Waals surface area contributed by atoms with E-state index in [1.54, 1.807) is 0 Å². The molecule has 1 aliphatic carbocycles. The first kappa shape index (κ1) is 23.5. The molecule has 3 fully saturated rings. The molecular formula is C28H37N7O. The Hall–Kier alpha value is -2.89. The van der Waals surface area contributed by atoms with Crippen molar-refractivity contribution in [3.05, 3.63) is 41.1 Å². The molecule has 0 radical (unpaired) electrons. The maximum absolute atomic E-state index is 9.27. The van der Waals surface area contributed by atoms with Crippen molar-refractivity contribution in [1.29, 1.82) is 5.26 Å². The van der Waals surface area contributed by atoms with Crippen molar-refractivity contribution in [2.24, 2.45) is 0 Å². The smallest absolute Gasteiger partial charge is 0.319 e. The third kappa shape index (κ3) is 4.39. The van der Waals surface area contributed by atoms with Gasteiger partial charge in [0.2, 0.25) is 0 Å². The second-order valence-corrected chi connectivity index (χ2v) is 11.0. The number of ether oxygens (including phenoxy) is 1. The van der Waals surface area contributed by atoms with Gasteiger partial charge in [0.1, 0.15) is 11.4 Å². The first-order chi connectivity index (χ1) is 17.6. The van der Waals surface area contributed by atoms with Gasteiger partial charge in [0.25, 0.3) is 0 Å². The third-order valence-corrected chi connectivity index (χ3v) is 8.54. The number of nitrogens with one attached hydrogen (secondary N) is 1. The largest absolute Gasteiger partial charge is 0.455 e. The molecule has 36 heavy (non-hydrogen) atoms. The van der Waals surface area contributed by atoms with E-state index < -0.39 is 0 Å². The topological polar surface area (TPSA) is 80.6 Å². The zero-order valence-corrected chi connectivity index (χ0v) is 21.5. The van der Waals surface area contributed by atoms with Gasteiger partial charge >= 0.3 is 6.01 Å². The Labute approximate surface area is 214 Å². The monoisotopic (exact) mass is 487 g/mol. The molecule has 0 bridgehead atoms. The number of aryl methyl sites for hydroxylation is 1. The maximum Gasteiger partial charge on any atom is 0.319 e. The van der Waals surface area contributed by atoms with Gasteiger partial charge in [-0.3, -0.25) is 4.90 Å². The summed E-state index contributed by atoms with van der Waals surface area (Å²) in [6.45, 7) is 7.54. The van der Waals surface area contributed by atoms with Crippen LogP contribution in [-0.2, 0) is 13.0 Å². The highest BCUT2D eigenvalue weighted by Gasteiger charge is 2.55. The van der Waals surface area contributed by atoms with Gasteiger partial charge in [0.05, 0.1) is 24.7 Å². The van der Waals surface area contributed by atoms with Gasteiger partial charge < -0.3 is 19.9 Å². The van der Waals surface area contributed by atoms with Crippen molar-refractivity contribution < 1.29 is 4.74 Å². The van der Waals surface area contributed by atoms with Crippen LogP contribution in [0.2, 0.25) is 0 Å². The van der Waals surface area contributed by atoms with Crippen LogP contribution in [0.1, 0.15) is 48.9 Å². The number of benzene rings is 1. The van der Waals surface area contributed by atoms with Crippen molar-refractivity contribution in [2.75, 3.05) is 49.6 Å². The molecule has 190 valence electrons. The van der Waals surface area contributed by atoms with Gasteiger partial charge in [0.15, 0.2) is 0 Å². The number of aromatic nitrogens is 2. The molecule has 0 spiro atoms. The normalized spacial score (nSPS) is 25.4. The molecule has 8 nitrogen and oxygen atoms in total. The van der Waals surface area contributed by atoms with Crippen LogP contribution in [0.5, 0.6) is 6.01 Å². The van der Waals surface area contributed by atoms with E-state index in [4.69, 9.17) is 14.7 Å². The molecule has 3 aliphatic heterocycles. The Morgan fingerprint density at radius 3 is 2.78 bits per heavy atom. The molecule has 1 aromatic carbocycles. The fraction of sp³-hybridized carbons (Fsp3) is 0.607. The summed E-state index contributed by atoms with van der Waals surface area (Å²) in [6, 6.07) is 12.1. The number of likely N-dealkylation sites (N-methyl/N-ethyl adjacent to an activating group) is 1. The Kier molecular flexibility index (Phi) is 6.22. The zero-order valence-electron chi connectivity index (χ0n) is 21.5. The summed E-state index contributed by atoms with van der Waals surface area (Å²) in [5.41, 5.74) is 4.74.